The van der Waals surface area contributed by atoms with Crippen molar-refractivity contribution in [1.29, 1.82) is 0 Å². The molecule has 0 aliphatic carbocycles. The molecule has 0 radical (unpaired) electrons. The summed E-state index contributed by atoms with van der Waals surface area (Å²) in [6.07, 6.45) is 10.3. The Morgan fingerprint density at radius 1 is 0.700 bits per heavy atom. The summed E-state index contributed by atoms with van der Waals surface area (Å²) >= 11 is 8.11. The highest BCUT2D eigenvalue weighted by atomic mass is 35.5. The number of nitrogens with zero attached hydrogens (tertiary/aromatic N) is 4. The van der Waals surface area contributed by atoms with E-state index in [0.29, 0.717) is 21.1 Å². The molecule has 0 atom stereocenters. The van der Waals surface area contributed by atoms with Crippen molar-refractivity contribution >= 4 is 89.5 Å². The number of carbonyl (C=O) groups excluding carboxylic acids is 4. The van der Waals surface area contributed by atoms with Crippen LogP contribution in [0.5, 0.6) is 0 Å². The SMILES string of the molecule is NC(=O)c1cc2c(-c3ccc(NC(=O)CCl)cc3)cncc2s1.NC(=O)c1cc2c(-c3ccc(NC(=O)Cn4cccn4)cc3)cncc2s1. The van der Waals surface area contributed by atoms with Gasteiger partial charge >= 0.3 is 0 Å². The molecule has 0 saturated heterocycles. The number of rotatable bonds is 9. The lowest BCUT2D eigenvalue weighted by atomic mass is 10.0. The number of benzene rings is 2. The van der Waals surface area contributed by atoms with E-state index in [1.54, 1.807) is 72.2 Å². The van der Waals surface area contributed by atoms with Gasteiger partial charge in [0.05, 0.1) is 19.2 Å². The fourth-order valence-corrected chi connectivity index (χ4v) is 6.91. The fourth-order valence-electron chi connectivity index (χ4n) is 5.03. The quantitative estimate of drug-likeness (QED) is 0.129. The molecule has 0 saturated carbocycles. The number of aromatic nitrogens is 4. The zero-order valence-electron chi connectivity index (χ0n) is 26.0. The van der Waals surface area contributed by atoms with Crippen LogP contribution in [0.25, 0.3) is 42.4 Å². The van der Waals surface area contributed by atoms with Crippen LogP contribution in [0, 0.1) is 0 Å². The average molecular weight is 723 g/mol. The number of primary amides is 2. The highest BCUT2D eigenvalue weighted by Crippen LogP contribution is 2.35. The Morgan fingerprint density at radius 2 is 1.18 bits per heavy atom. The number of thiophene rings is 2. The molecule has 15 heteroatoms. The van der Waals surface area contributed by atoms with Gasteiger partial charge in [-0.3, -0.25) is 33.8 Å². The number of nitrogens with two attached hydrogens (primary N) is 2. The third kappa shape index (κ3) is 7.84. The van der Waals surface area contributed by atoms with Crippen LogP contribution in [-0.2, 0) is 16.1 Å². The third-order valence-electron chi connectivity index (χ3n) is 7.32. The molecule has 2 aromatic carbocycles. The molecule has 0 bridgehead atoms. The summed E-state index contributed by atoms with van der Waals surface area (Å²) in [6, 6.07) is 20.1. The first kappa shape index (κ1) is 33.9. The Kier molecular flexibility index (Phi) is 10.2. The van der Waals surface area contributed by atoms with Gasteiger partial charge < -0.3 is 22.1 Å². The maximum absolute atomic E-state index is 12.1. The van der Waals surface area contributed by atoms with Crippen molar-refractivity contribution < 1.29 is 19.2 Å². The zero-order valence-corrected chi connectivity index (χ0v) is 28.4. The molecule has 50 heavy (non-hydrogen) atoms. The Labute approximate surface area is 297 Å². The number of fused-ring (bicyclic) bond motifs is 2. The summed E-state index contributed by atoms with van der Waals surface area (Å²) < 4.78 is 3.36. The topological polar surface area (TPSA) is 188 Å². The predicted octanol–water partition coefficient (Wildman–Crippen LogP) is 6.14. The monoisotopic (exact) mass is 722 g/mol. The van der Waals surface area contributed by atoms with Gasteiger partial charge in [-0.2, -0.15) is 5.10 Å². The van der Waals surface area contributed by atoms with Gasteiger partial charge in [0.2, 0.25) is 11.8 Å². The van der Waals surface area contributed by atoms with Gasteiger partial charge in [-0.25, -0.2) is 0 Å². The van der Waals surface area contributed by atoms with E-state index in [2.05, 4.69) is 25.7 Å². The molecule has 4 amide bonds. The normalized spacial score (nSPS) is 10.7. The second-order valence-electron chi connectivity index (χ2n) is 10.7. The van der Waals surface area contributed by atoms with Crippen LogP contribution in [0.2, 0.25) is 0 Å². The van der Waals surface area contributed by atoms with Gasteiger partial charge in [0, 0.05) is 70.5 Å². The number of nitrogens with one attached hydrogen (secondary N) is 2. The number of pyridine rings is 2. The Balaban J connectivity index is 0.000000175. The number of halogens is 1. The van der Waals surface area contributed by atoms with Crippen LogP contribution in [0.15, 0.2) is 104 Å². The lowest BCUT2D eigenvalue weighted by Crippen LogP contribution is -2.18. The molecular weight excluding hydrogens is 696 g/mol. The molecule has 7 aromatic rings. The van der Waals surface area contributed by atoms with Crippen molar-refractivity contribution in [3.63, 3.8) is 0 Å². The van der Waals surface area contributed by atoms with Gasteiger partial charge in [0.15, 0.2) is 0 Å². The third-order valence-corrected chi connectivity index (χ3v) is 9.74. The van der Waals surface area contributed by atoms with E-state index in [1.165, 1.54) is 22.7 Å². The molecule has 0 aliphatic rings. The molecule has 0 aliphatic heterocycles. The van der Waals surface area contributed by atoms with Crippen molar-refractivity contribution in [2.24, 2.45) is 11.5 Å². The highest BCUT2D eigenvalue weighted by molar-refractivity contribution is 7.21. The van der Waals surface area contributed by atoms with E-state index in [0.717, 1.165) is 42.4 Å². The minimum Gasteiger partial charge on any atom is -0.365 e. The van der Waals surface area contributed by atoms with E-state index in [4.69, 9.17) is 23.1 Å². The second kappa shape index (κ2) is 15.1. The molecule has 7 rings (SSSR count). The molecule has 6 N–H and O–H groups in total. The molecule has 250 valence electrons. The number of alkyl halides is 1. The lowest BCUT2D eigenvalue weighted by Gasteiger charge is -2.07. The van der Waals surface area contributed by atoms with Crippen LogP contribution < -0.4 is 22.1 Å². The molecule has 0 spiro atoms. The molecule has 0 unspecified atom stereocenters. The maximum atomic E-state index is 12.1. The van der Waals surface area contributed by atoms with Crippen LogP contribution in [0.4, 0.5) is 11.4 Å². The van der Waals surface area contributed by atoms with Crippen molar-refractivity contribution in [1.82, 2.24) is 19.7 Å². The van der Waals surface area contributed by atoms with Crippen LogP contribution >= 0.6 is 34.3 Å². The Hall–Kier alpha value is -5.96. The molecule has 5 heterocycles. The Morgan fingerprint density at radius 3 is 1.60 bits per heavy atom. The number of hydrogen-bond donors (Lipinski definition) is 4. The van der Waals surface area contributed by atoms with E-state index in [1.807, 2.05) is 36.4 Å². The summed E-state index contributed by atoms with van der Waals surface area (Å²) in [5, 5.41) is 11.4. The minimum absolute atomic E-state index is 0.0875. The number of amides is 4. The number of anilines is 2. The van der Waals surface area contributed by atoms with Gasteiger partial charge in [-0.05, 0) is 53.6 Å². The van der Waals surface area contributed by atoms with Gasteiger partial charge in [0.1, 0.15) is 12.4 Å². The zero-order chi connectivity index (χ0) is 35.2. The lowest BCUT2D eigenvalue weighted by molar-refractivity contribution is -0.117. The van der Waals surface area contributed by atoms with E-state index < -0.39 is 11.8 Å². The van der Waals surface area contributed by atoms with Crippen LogP contribution in [-0.4, -0.2) is 49.3 Å². The smallest absolute Gasteiger partial charge is 0.258 e. The largest absolute Gasteiger partial charge is 0.365 e. The van der Waals surface area contributed by atoms with Crippen LogP contribution in [0.1, 0.15) is 19.3 Å². The Bertz CT molecular complexity index is 2340. The summed E-state index contributed by atoms with van der Waals surface area (Å²) in [5.41, 5.74) is 15.8. The van der Waals surface area contributed by atoms with E-state index in [-0.39, 0.29) is 24.2 Å². The molecule has 12 nitrogen and oxygen atoms in total. The standard InChI is InChI=1S/C19H15N5O2S.C16H12ClN3O2S/c20-19(26)16-8-14-15(9-21-10-17(14)27-16)12-2-4-13(5-3-12)23-18(25)11-24-7-1-6-22-24;17-6-15(21)20-10-3-1-9(2-4-10)12-7-19-8-14-11(12)5-13(23-14)16(18)22/h1-10H,11H2,(H2,20,26)(H,23,25);1-5,7-8H,6H2,(H2,18,22)(H,20,21). The van der Waals surface area contributed by atoms with Crippen molar-refractivity contribution in [2.45, 2.75) is 6.54 Å². The summed E-state index contributed by atoms with van der Waals surface area (Å²) in [4.78, 5) is 55.6. The van der Waals surface area contributed by atoms with E-state index in [9.17, 15) is 19.2 Å². The predicted molar refractivity (Wildman–Crippen MR) is 197 cm³/mol. The van der Waals surface area contributed by atoms with Crippen molar-refractivity contribution in [3.8, 4) is 22.3 Å². The van der Waals surface area contributed by atoms with Crippen molar-refractivity contribution in [3.05, 3.63) is 114 Å². The first-order valence-corrected chi connectivity index (χ1v) is 17.0. The molecular formula is C35H27ClN8O4S2. The van der Waals surface area contributed by atoms with Crippen molar-refractivity contribution in [2.75, 3.05) is 16.5 Å². The maximum Gasteiger partial charge on any atom is 0.258 e. The number of carbonyl (C=O) groups is 4. The van der Waals surface area contributed by atoms with Gasteiger partial charge in [-0.1, -0.05) is 24.3 Å². The summed E-state index contributed by atoms with van der Waals surface area (Å²) in [7, 11) is 0. The van der Waals surface area contributed by atoms with Crippen LogP contribution in [0.3, 0.4) is 0 Å². The molecule has 0 fully saturated rings. The first-order valence-electron chi connectivity index (χ1n) is 14.9. The summed E-state index contributed by atoms with van der Waals surface area (Å²) in [5.74, 6) is -1.39. The second-order valence-corrected chi connectivity index (χ2v) is 13.2. The number of hydrogen-bond acceptors (Lipinski definition) is 9. The molecule has 5 aromatic heterocycles. The van der Waals surface area contributed by atoms with Gasteiger partial charge in [0.25, 0.3) is 11.8 Å². The van der Waals surface area contributed by atoms with E-state index >= 15 is 0 Å². The van der Waals surface area contributed by atoms with Gasteiger partial charge in [-0.15, -0.1) is 34.3 Å². The minimum atomic E-state index is -0.448. The summed E-state index contributed by atoms with van der Waals surface area (Å²) in [6.45, 7) is 0.156. The highest BCUT2D eigenvalue weighted by Gasteiger charge is 2.13. The fraction of sp³-hybridized carbons (Fsp3) is 0.0571. The first-order chi connectivity index (χ1) is 24.2. The average Bonchev–Trinajstić information content (AvgIpc) is 3.89.